The van der Waals surface area contributed by atoms with Crippen LogP contribution in [0.25, 0.3) is 0 Å². The normalized spacial score (nSPS) is 11.0. The van der Waals surface area contributed by atoms with Gasteiger partial charge in [-0.2, -0.15) is 0 Å². The standard InChI is InChI=1S/C22H17Cl2N3O7S/c23-16-7-9-18(19(11-16)27(30)31)26-21(28)13-34-22(29)15-6-8-17(24)20(10-15)35(32,33)25-12-14-4-2-1-3-5-14/h1-11,25H,12-13H2,(H,26,28). The second kappa shape index (κ2) is 11.3. The lowest BCUT2D eigenvalue weighted by atomic mass is 10.2. The van der Waals surface area contributed by atoms with Crippen molar-refractivity contribution in [3.05, 3.63) is 98.0 Å². The molecule has 3 aromatic carbocycles. The molecule has 182 valence electrons. The second-order valence-corrected chi connectivity index (χ2v) is 9.58. The van der Waals surface area contributed by atoms with Crippen LogP contribution in [0.2, 0.25) is 10.0 Å². The van der Waals surface area contributed by atoms with E-state index >= 15 is 0 Å². The summed E-state index contributed by atoms with van der Waals surface area (Å²) in [5, 5.41) is 13.4. The number of anilines is 1. The molecule has 0 saturated carbocycles. The van der Waals surface area contributed by atoms with Crippen LogP contribution in [0.15, 0.2) is 71.6 Å². The van der Waals surface area contributed by atoms with Crippen LogP contribution >= 0.6 is 23.2 Å². The number of nitrogens with zero attached hydrogens (tertiary/aromatic N) is 1. The molecule has 0 unspecified atom stereocenters. The van der Waals surface area contributed by atoms with Crippen LogP contribution in [-0.2, 0) is 26.1 Å². The van der Waals surface area contributed by atoms with Crippen LogP contribution in [0.1, 0.15) is 15.9 Å². The second-order valence-electron chi connectivity index (χ2n) is 7.00. The summed E-state index contributed by atoms with van der Waals surface area (Å²) in [6.45, 7) is -0.777. The van der Waals surface area contributed by atoms with Crippen LogP contribution in [0.5, 0.6) is 0 Å². The summed E-state index contributed by atoms with van der Waals surface area (Å²) in [5.74, 6) is -1.85. The predicted molar refractivity (Wildman–Crippen MR) is 129 cm³/mol. The van der Waals surface area contributed by atoms with Gasteiger partial charge in [0.2, 0.25) is 10.0 Å². The minimum atomic E-state index is -4.08. The van der Waals surface area contributed by atoms with E-state index in [1.54, 1.807) is 30.3 Å². The highest BCUT2D eigenvalue weighted by Crippen LogP contribution is 2.28. The van der Waals surface area contributed by atoms with E-state index < -0.39 is 39.1 Å². The van der Waals surface area contributed by atoms with Gasteiger partial charge < -0.3 is 10.1 Å². The number of ether oxygens (including phenoxy) is 1. The van der Waals surface area contributed by atoms with Crippen molar-refractivity contribution >= 4 is 56.5 Å². The Morgan fingerprint density at radius 1 is 1.00 bits per heavy atom. The quantitative estimate of drug-likeness (QED) is 0.236. The summed E-state index contributed by atoms with van der Waals surface area (Å²) < 4.78 is 32.7. The smallest absolute Gasteiger partial charge is 0.338 e. The minimum Gasteiger partial charge on any atom is -0.452 e. The lowest BCUT2D eigenvalue weighted by Gasteiger charge is -2.11. The molecular formula is C22H17Cl2N3O7S. The Bertz CT molecular complexity index is 1380. The molecule has 3 rings (SSSR count). The average Bonchev–Trinajstić information content (AvgIpc) is 2.83. The molecule has 0 aliphatic rings. The van der Waals surface area contributed by atoms with E-state index in [0.29, 0.717) is 0 Å². The van der Waals surface area contributed by atoms with Crippen molar-refractivity contribution in [3.63, 3.8) is 0 Å². The number of sulfonamides is 1. The Morgan fingerprint density at radius 3 is 2.40 bits per heavy atom. The molecule has 0 spiro atoms. The van der Waals surface area contributed by atoms with E-state index in [1.807, 2.05) is 0 Å². The molecular weight excluding hydrogens is 521 g/mol. The van der Waals surface area contributed by atoms with E-state index in [0.717, 1.165) is 17.7 Å². The number of hydrogen-bond acceptors (Lipinski definition) is 7. The summed E-state index contributed by atoms with van der Waals surface area (Å²) in [5.41, 5.74) is -0.0213. The summed E-state index contributed by atoms with van der Waals surface area (Å²) in [6, 6.07) is 15.9. The van der Waals surface area contributed by atoms with Gasteiger partial charge in [-0.25, -0.2) is 17.9 Å². The van der Waals surface area contributed by atoms with Crippen LogP contribution < -0.4 is 10.0 Å². The molecule has 0 atom stereocenters. The van der Waals surface area contributed by atoms with Gasteiger partial charge in [0.05, 0.1) is 15.5 Å². The number of carbonyl (C=O) groups is 2. The minimum absolute atomic E-state index is 0.00514. The van der Waals surface area contributed by atoms with Crippen molar-refractivity contribution < 1.29 is 27.7 Å². The third-order valence-corrected chi connectivity index (χ3v) is 6.65. The molecule has 0 aromatic heterocycles. The molecule has 35 heavy (non-hydrogen) atoms. The highest BCUT2D eigenvalue weighted by molar-refractivity contribution is 7.89. The molecule has 0 saturated heterocycles. The first-order chi connectivity index (χ1) is 16.6. The lowest BCUT2D eigenvalue weighted by molar-refractivity contribution is -0.383. The number of nitro benzene ring substituents is 1. The lowest BCUT2D eigenvalue weighted by Crippen LogP contribution is -2.24. The number of hydrogen-bond donors (Lipinski definition) is 2. The number of rotatable bonds is 9. The predicted octanol–water partition coefficient (Wildman–Crippen LogP) is 4.18. The Hall–Kier alpha value is -3.51. The number of halogens is 2. The number of amides is 1. The zero-order chi connectivity index (χ0) is 25.6. The van der Waals surface area contributed by atoms with Crippen LogP contribution in [0.4, 0.5) is 11.4 Å². The number of carbonyl (C=O) groups excluding carboxylic acids is 2. The molecule has 0 heterocycles. The maximum atomic E-state index is 12.7. The first-order valence-corrected chi connectivity index (χ1v) is 12.0. The van der Waals surface area contributed by atoms with Crippen molar-refractivity contribution in [2.45, 2.75) is 11.4 Å². The van der Waals surface area contributed by atoms with Crippen LogP contribution in [-0.4, -0.2) is 31.8 Å². The fraction of sp³-hybridized carbons (Fsp3) is 0.0909. The molecule has 1 amide bonds. The average molecular weight is 538 g/mol. The SMILES string of the molecule is O=C(COC(=O)c1ccc(Cl)c(S(=O)(=O)NCc2ccccc2)c1)Nc1ccc(Cl)cc1[N+](=O)[O-]. The molecule has 0 bridgehead atoms. The molecule has 0 aliphatic carbocycles. The molecule has 0 aliphatic heterocycles. The molecule has 0 fully saturated rings. The van der Waals surface area contributed by atoms with E-state index in [9.17, 15) is 28.1 Å². The van der Waals surface area contributed by atoms with Gasteiger partial charge in [0, 0.05) is 17.6 Å². The van der Waals surface area contributed by atoms with Crippen molar-refractivity contribution in [1.29, 1.82) is 0 Å². The Labute approximate surface area is 210 Å². The van der Waals surface area contributed by atoms with Gasteiger partial charge in [0.25, 0.3) is 11.6 Å². The van der Waals surface area contributed by atoms with Gasteiger partial charge in [-0.3, -0.25) is 14.9 Å². The topological polar surface area (TPSA) is 145 Å². The largest absolute Gasteiger partial charge is 0.452 e. The zero-order valence-corrected chi connectivity index (χ0v) is 20.1. The molecule has 0 radical (unpaired) electrons. The summed E-state index contributed by atoms with van der Waals surface area (Å²) in [7, 11) is -4.08. The Morgan fingerprint density at radius 2 is 1.71 bits per heavy atom. The maximum Gasteiger partial charge on any atom is 0.338 e. The van der Waals surface area contributed by atoms with E-state index in [2.05, 4.69) is 10.0 Å². The fourth-order valence-corrected chi connectivity index (χ4v) is 4.56. The highest BCUT2D eigenvalue weighted by atomic mass is 35.5. The third-order valence-electron chi connectivity index (χ3n) is 4.53. The number of benzene rings is 3. The van der Waals surface area contributed by atoms with Gasteiger partial charge >= 0.3 is 5.97 Å². The summed E-state index contributed by atoms with van der Waals surface area (Å²) >= 11 is 11.8. The Kier molecular flexibility index (Phi) is 8.41. The molecule has 3 aromatic rings. The summed E-state index contributed by atoms with van der Waals surface area (Å²) in [4.78, 5) is 34.6. The number of nitrogens with one attached hydrogen (secondary N) is 2. The van der Waals surface area contributed by atoms with E-state index in [-0.39, 0.29) is 32.7 Å². The first-order valence-electron chi connectivity index (χ1n) is 9.81. The van der Waals surface area contributed by atoms with Crippen molar-refractivity contribution in [2.24, 2.45) is 0 Å². The van der Waals surface area contributed by atoms with Crippen LogP contribution in [0, 0.1) is 10.1 Å². The van der Waals surface area contributed by atoms with Gasteiger partial charge in [-0.15, -0.1) is 0 Å². The van der Waals surface area contributed by atoms with E-state index in [4.69, 9.17) is 27.9 Å². The van der Waals surface area contributed by atoms with Gasteiger partial charge in [-0.1, -0.05) is 53.5 Å². The fourth-order valence-electron chi connectivity index (χ4n) is 2.85. The molecule has 10 nitrogen and oxygen atoms in total. The number of nitro groups is 1. The van der Waals surface area contributed by atoms with E-state index in [1.165, 1.54) is 24.3 Å². The van der Waals surface area contributed by atoms with Gasteiger partial charge in [0.1, 0.15) is 10.6 Å². The van der Waals surface area contributed by atoms with Crippen LogP contribution in [0.3, 0.4) is 0 Å². The highest BCUT2D eigenvalue weighted by Gasteiger charge is 2.22. The first kappa shape index (κ1) is 26.1. The molecule has 2 N–H and O–H groups in total. The maximum absolute atomic E-state index is 12.7. The number of esters is 1. The molecule has 13 heteroatoms. The monoisotopic (exact) mass is 537 g/mol. The van der Waals surface area contributed by atoms with Gasteiger partial charge in [-0.05, 0) is 35.9 Å². The van der Waals surface area contributed by atoms with Gasteiger partial charge in [0.15, 0.2) is 6.61 Å². The van der Waals surface area contributed by atoms with Crippen molar-refractivity contribution in [3.8, 4) is 0 Å². The van der Waals surface area contributed by atoms with Crippen molar-refractivity contribution in [2.75, 3.05) is 11.9 Å². The third kappa shape index (κ3) is 6.99. The zero-order valence-electron chi connectivity index (χ0n) is 17.7. The Balaban J connectivity index is 1.66. The summed E-state index contributed by atoms with van der Waals surface area (Å²) in [6.07, 6.45) is 0. The van der Waals surface area contributed by atoms with Crippen molar-refractivity contribution in [1.82, 2.24) is 4.72 Å².